The van der Waals surface area contributed by atoms with Crippen molar-refractivity contribution in [1.82, 2.24) is 0 Å². The number of halogens is 1. The Labute approximate surface area is 132 Å². The van der Waals surface area contributed by atoms with Crippen LogP contribution in [-0.2, 0) is 0 Å². The first-order valence-corrected chi connectivity index (χ1v) is 7.32. The van der Waals surface area contributed by atoms with Gasteiger partial charge in [-0.25, -0.2) is 4.79 Å². The molecular weight excluding hydrogens is 393 g/mol. The Morgan fingerprint density at radius 1 is 1.20 bits per heavy atom. The van der Waals surface area contributed by atoms with Crippen LogP contribution in [0.2, 0.25) is 0 Å². The minimum absolute atomic E-state index is 0.0938. The topological polar surface area (TPSA) is 80.4 Å². The SMILES string of the molecule is O=C(O)c1ccc(Sc2ccc(I)cc2)c([N+](=O)[O-])c1. The molecule has 0 radical (unpaired) electrons. The number of hydrogen-bond donors (Lipinski definition) is 1. The second kappa shape index (κ2) is 6.23. The molecular formula is C13H8INO4S. The average molecular weight is 401 g/mol. The highest BCUT2D eigenvalue weighted by atomic mass is 127. The molecule has 1 N–H and O–H groups in total. The van der Waals surface area contributed by atoms with E-state index >= 15 is 0 Å². The van der Waals surface area contributed by atoms with E-state index in [0.29, 0.717) is 4.90 Å². The lowest BCUT2D eigenvalue weighted by molar-refractivity contribution is -0.387. The van der Waals surface area contributed by atoms with Crippen molar-refractivity contribution in [2.24, 2.45) is 0 Å². The van der Waals surface area contributed by atoms with Gasteiger partial charge in [0.1, 0.15) is 0 Å². The van der Waals surface area contributed by atoms with Crippen LogP contribution in [0.5, 0.6) is 0 Å². The van der Waals surface area contributed by atoms with Crippen molar-refractivity contribution >= 4 is 46.0 Å². The first-order valence-electron chi connectivity index (χ1n) is 5.42. The van der Waals surface area contributed by atoms with E-state index in [9.17, 15) is 14.9 Å². The van der Waals surface area contributed by atoms with Crippen molar-refractivity contribution in [3.05, 3.63) is 61.7 Å². The average Bonchev–Trinajstić information content (AvgIpc) is 2.41. The van der Waals surface area contributed by atoms with Crippen LogP contribution in [0.15, 0.2) is 52.3 Å². The van der Waals surface area contributed by atoms with Crippen LogP contribution in [0.3, 0.4) is 0 Å². The van der Waals surface area contributed by atoms with E-state index in [-0.39, 0.29) is 11.3 Å². The minimum atomic E-state index is -1.18. The first kappa shape index (κ1) is 14.8. The van der Waals surface area contributed by atoms with E-state index in [0.717, 1.165) is 14.5 Å². The number of benzene rings is 2. The van der Waals surface area contributed by atoms with E-state index in [1.807, 2.05) is 24.3 Å². The highest BCUT2D eigenvalue weighted by Crippen LogP contribution is 2.35. The summed E-state index contributed by atoms with van der Waals surface area (Å²) in [7, 11) is 0. The Hall–Kier alpha value is -1.61. The summed E-state index contributed by atoms with van der Waals surface area (Å²) in [5.74, 6) is -1.18. The molecule has 7 heteroatoms. The van der Waals surface area contributed by atoms with Crippen molar-refractivity contribution in [3.8, 4) is 0 Å². The Morgan fingerprint density at radius 2 is 1.85 bits per heavy atom. The zero-order valence-electron chi connectivity index (χ0n) is 9.95. The van der Waals surface area contributed by atoms with Gasteiger partial charge in [-0.1, -0.05) is 11.8 Å². The fourth-order valence-corrected chi connectivity index (χ4v) is 2.77. The van der Waals surface area contributed by atoms with Crippen LogP contribution < -0.4 is 0 Å². The summed E-state index contributed by atoms with van der Waals surface area (Å²) in [6.07, 6.45) is 0. The van der Waals surface area contributed by atoms with Crippen LogP contribution in [0, 0.1) is 13.7 Å². The monoisotopic (exact) mass is 401 g/mol. The largest absolute Gasteiger partial charge is 0.478 e. The van der Waals surface area contributed by atoms with Crippen molar-refractivity contribution < 1.29 is 14.8 Å². The smallest absolute Gasteiger partial charge is 0.335 e. The quantitative estimate of drug-likeness (QED) is 0.475. The standard InChI is InChI=1S/C13H8INO4S/c14-9-2-4-10(5-3-9)20-12-6-1-8(13(16)17)7-11(12)15(18)19/h1-7H,(H,16,17). The molecule has 0 aliphatic rings. The Bertz CT molecular complexity index is 673. The molecule has 2 rings (SSSR count). The van der Waals surface area contributed by atoms with E-state index < -0.39 is 10.9 Å². The molecule has 2 aromatic rings. The van der Waals surface area contributed by atoms with Gasteiger partial charge >= 0.3 is 5.97 Å². The molecule has 0 unspecified atom stereocenters. The molecule has 102 valence electrons. The lowest BCUT2D eigenvalue weighted by atomic mass is 10.2. The summed E-state index contributed by atoms with van der Waals surface area (Å²) in [5.41, 5.74) is -0.294. The molecule has 0 amide bonds. The lowest BCUT2D eigenvalue weighted by Crippen LogP contribution is -1.99. The van der Waals surface area contributed by atoms with E-state index in [2.05, 4.69) is 22.6 Å². The van der Waals surface area contributed by atoms with Gasteiger partial charge in [-0.15, -0.1) is 0 Å². The zero-order valence-corrected chi connectivity index (χ0v) is 12.9. The van der Waals surface area contributed by atoms with Gasteiger partial charge in [-0.3, -0.25) is 10.1 Å². The second-order valence-electron chi connectivity index (χ2n) is 3.80. The van der Waals surface area contributed by atoms with Crippen molar-refractivity contribution in [1.29, 1.82) is 0 Å². The molecule has 20 heavy (non-hydrogen) atoms. The molecule has 0 aliphatic carbocycles. The second-order valence-corrected chi connectivity index (χ2v) is 6.16. The molecule has 0 fully saturated rings. The van der Waals surface area contributed by atoms with Crippen LogP contribution in [0.1, 0.15) is 10.4 Å². The van der Waals surface area contributed by atoms with Gasteiger partial charge in [0.15, 0.2) is 0 Å². The van der Waals surface area contributed by atoms with Gasteiger partial charge in [0.2, 0.25) is 0 Å². The van der Waals surface area contributed by atoms with Gasteiger partial charge in [0.05, 0.1) is 15.4 Å². The fraction of sp³-hybridized carbons (Fsp3) is 0. The number of carboxylic acid groups (broad SMARTS) is 1. The highest BCUT2D eigenvalue weighted by molar-refractivity contribution is 14.1. The Kier molecular flexibility index (Phi) is 4.61. The van der Waals surface area contributed by atoms with Gasteiger partial charge < -0.3 is 5.11 Å². The summed E-state index contributed by atoms with van der Waals surface area (Å²) in [6.45, 7) is 0. The molecule has 0 saturated heterocycles. The Balaban J connectivity index is 2.38. The van der Waals surface area contributed by atoms with Gasteiger partial charge in [-0.05, 0) is 59.0 Å². The predicted octanol–water partition coefficient (Wildman–Crippen LogP) is 4.05. The van der Waals surface area contributed by atoms with Crippen molar-refractivity contribution in [3.63, 3.8) is 0 Å². The maximum atomic E-state index is 11.0. The number of aromatic carboxylic acids is 1. The number of nitrogens with zero attached hydrogens (tertiary/aromatic N) is 1. The van der Waals surface area contributed by atoms with Gasteiger partial charge in [0, 0.05) is 14.5 Å². The number of carbonyl (C=O) groups is 1. The van der Waals surface area contributed by atoms with Gasteiger partial charge in [0.25, 0.3) is 5.69 Å². The molecule has 0 spiro atoms. The summed E-state index contributed by atoms with van der Waals surface area (Å²) >= 11 is 3.41. The molecule has 2 aromatic carbocycles. The molecule has 0 aromatic heterocycles. The number of nitro benzene ring substituents is 1. The third-order valence-electron chi connectivity index (χ3n) is 2.44. The van der Waals surface area contributed by atoms with Crippen LogP contribution >= 0.6 is 34.4 Å². The summed E-state index contributed by atoms with van der Waals surface area (Å²) in [6, 6.07) is 11.4. The molecule has 0 heterocycles. The van der Waals surface area contributed by atoms with E-state index in [4.69, 9.17) is 5.11 Å². The molecule has 0 bridgehead atoms. The van der Waals surface area contributed by atoms with Crippen LogP contribution in [-0.4, -0.2) is 16.0 Å². The number of rotatable bonds is 4. The third-order valence-corrected chi connectivity index (χ3v) is 4.24. The summed E-state index contributed by atoms with van der Waals surface area (Å²) in [5, 5.41) is 19.9. The fourth-order valence-electron chi connectivity index (χ4n) is 1.51. The summed E-state index contributed by atoms with van der Waals surface area (Å²) in [4.78, 5) is 22.6. The lowest BCUT2D eigenvalue weighted by Gasteiger charge is -2.04. The summed E-state index contributed by atoms with van der Waals surface area (Å²) < 4.78 is 1.07. The first-order chi connectivity index (χ1) is 9.47. The number of hydrogen-bond acceptors (Lipinski definition) is 4. The molecule has 0 aliphatic heterocycles. The normalized spacial score (nSPS) is 10.2. The number of nitro groups is 1. The van der Waals surface area contributed by atoms with Crippen molar-refractivity contribution in [2.45, 2.75) is 9.79 Å². The van der Waals surface area contributed by atoms with Crippen LogP contribution in [0.4, 0.5) is 5.69 Å². The zero-order chi connectivity index (χ0) is 14.7. The Morgan fingerprint density at radius 3 is 2.40 bits per heavy atom. The minimum Gasteiger partial charge on any atom is -0.478 e. The third kappa shape index (κ3) is 3.48. The van der Waals surface area contributed by atoms with E-state index in [1.165, 1.54) is 23.9 Å². The van der Waals surface area contributed by atoms with Gasteiger partial charge in [-0.2, -0.15) is 0 Å². The highest BCUT2D eigenvalue weighted by Gasteiger charge is 2.18. The van der Waals surface area contributed by atoms with Crippen molar-refractivity contribution in [2.75, 3.05) is 0 Å². The van der Waals surface area contributed by atoms with E-state index in [1.54, 1.807) is 0 Å². The van der Waals surface area contributed by atoms with Crippen LogP contribution in [0.25, 0.3) is 0 Å². The predicted molar refractivity (Wildman–Crippen MR) is 83.3 cm³/mol. The molecule has 0 atom stereocenters. The molecule has 0 saturated carbocycles. The maximum Gasteiger partial charge on any atom is 0.335 e. The number of carboxylic acids is 1. The maximum absolute atomic E-state index is 11.0. The molecule has 5 nitrogen and oxygen atoms in total.